The standard InChI is InChI=1S/C35H38N10O4S.ClH.4H3N.4H2/c46-31(22-32(47)37-26-13-15-29(16-14-26)50(48,49)43-28-12-9-25-23-36-42-30(25)21-28)24-7-10-27(11-8-24)38-33-39-34(44-17-3-1-4-18-44)41-35(40-33)45-19-5-2-6-20-45;;;;;;;;;/h7-16,21,23,43H,1-6,17-20,22H2,(H,36,42)(H,37,47)(H,38,39,40,41);1H;4*1H3;4*1H. The number of fused-ring (bicyclic) bond motifs is 1. The van der Waals surface area contributed by atoms with Crippen LogP contribution in [0.3, 0.4) is 0 Å². The SMILES string of the molecule is Cl.N.N.N.N.O=C(CC(=O)c1ccc(Nc2nc(N3CCCCC3)nc(N3CCCCC3)n2)cc1)Nc1ccc(S(=O)(=O)Nc2ccc3cn[nH]c3c2)cc1.[HH].[HH].[HH].[HH]. The van der Waals surface area contributed by atoms with Crippen molar-refractivity contribution in [3.8, 4) is 0 Å². The number of aromatic nitrogens is 5. The van der Waals surface area contributed by atoms with Crippen LogP contribution in [0.2, 0.25) is 0 Å². The molecule has 0 aliphatic carbocycles. The minimum atomic E-state index is -3.88. The molecule has 20 heteroatoms. The van der Waals surface area contributed by atoms with Crippen molar-refractivity contribution in [3.05, 3.63) is 78.5 Å². The lowest BCUT2D eigenvalue weighted by Gasteiger charge is -2.30. The van der Waals surface area contributed by atoms with E-state index in [0.717, 1.165) is 57.2 Å². The topological polar surface area (TPSA) is 318 Å². The zero-order valence-corrected chi connectivity index (χ0v) is 32.3. The maximum atomic E-state index is 13.0. The van der Waals surface area contributed by atoms with Crippen molar-refractivity contribution >= 4 is 79.9 Å². The third-order valence-electron chi connectivity index (χ3n) is 8.82. The Kier molecular flexibility index (Phi) is 16.9. The molecule has 2 aromatic heterocycles. The summed E-state index contributed by atoms with van der Waals surface area (Å²) in [6.45, 7) is 3.68. The molecule has 4 heterocycles. The molecule has 3 aromatic carbocycles. The highest BCUT2D eigenvalue weighted by Crippen LogP contribution is 2.25. The molecule has 7 rings (SSSR count). The number of aromatic amines is 1. The molecule has 16 N–H and O–H groups in total. The summed E-state index contributed by atoms with van der Waals surface area (Å²) < 4.78 is 28.4. The number of Topliss-reactive ketones (excluding diaryl/α,β-unsaturated/α-hetero) is 1. The number of H-pyrrole nitrogens is 1. The Morgan fingerprint density at radius 1 is 0.709 bits per heavy atom. The number of nitrogens with zero attached hydrogens (tertiary/aromatic N) is 6. The van der Waals surface area contributed by atoms with Crippen LogP contribution in [-0.4, -0.2) is 71.4 Å². The van der Waals surface area contributed by atoms with Crippen LogP contribution < -0.4 is 49.8 Å². The smallest absolute Gasteiger partial charge is 0.261 e. The van der Waals surface area contributed by atoms with Crippen molar-refractivity contribution in [2.75, 3.05) is 51.3 Å². The Hall–Kier alpha value is -5.44. The van der Waals surface area contributed by atoms with E-state index in [9.17, 15) is 18.0 Å². The number of nitrogens with one attached hydrogen (secondary N) is 4. The maximum Gasteiger partial charge on any atom is 0.261 e. The van der Waals surface area contributed by atoms with Gasteiger partial charge in [0.25, 0.3) is 10.0 Å². The summed E-state index contributed by atoms with van der Waals surface area (Å²) in [6, 6.07) is 17.6. The number of carbonyl (C=O) groups is 2. The highest BCUT2D eigenvalue weighted by Gasteiger charge is 2.21. The molecule has 2 aliphatic heterocycles. The number of sulfonamides is 1. The van der Waals surface area contributed by atoms with E-state index in [-0.39, 0.29) is 59.8 Å². The van der Waals surface area contributed by atoms with Gasteiger partial charge in [0, 0.05) is 54.2 Å². The normalized spacial score (nSPS) is 13.7. The average Bonchev–Trinajstić information content (AvgIpc) is 3.61. The first-order valence-corrected chi connectivity index (χ1v) is 18.3. The second kappa shape index (κ2) is 20.3. The van der Waals surface area contributed by atoms with Crippen LogP contribution in [0.4, 0.5) is 34.9 Å². The molecule has 0 bridgehead atoms. The van der Waals surface area contributed by atoms with Gasteiger partial charge >= 0.3 is 0 Å². The van der Waals surface area contributed by atoms with Gasteiger partial charge < -0.3 is 45.0 Å². The lowest BCUT2D eigenvalue weighted by molar-refractivity contribution is -0.115. The minimum absolute atomic E-state index is 0. The Labute approximate surface area is 332 Å². The fourth-order valence-corrected chi connectivity index (χ4v) is 7.18. The molecule has 55 heavy (non-hydrogen) atoms. The summed E-state index contributed by atoms with van der Waals surface area (Å²) in [5.74, 6) is 0.935. The van der Waals surface area contributed by atoms with E-state index in [0.29, 0.717) is 46.0 Å². The molecule has 0 spiro atoms. The van der Waals surface area contributed by atoms with Gasteiger partial charge in [0.2, 0.25) is 23.8 Å². The van der Waals surface area contributed by atoms with E-state index in [2.05, 4.69) is 35.4 Å². The molecule has 0 radical (unpaired) electrons. The predicted molar refractivity (Wildman–Crippen MR) is 228 cm³/mol. The molecule has 2 aliphatic rings. The van der Waals surface area contributed by atoms with Gasteiger partial charge in [0.15, 0.2) is 5.78 Å². The zero-order chi connectivity index (χ0) is 34.5. The van der Waals surface area contributed by atoms with Gasteiger partial charge in [-0.2, -0.15) is 20.1 Å². The van der Waals surface area contributed by atoms with E-state index in [1.807, 2.05) is 0 Å². The molecule has 18 nitrogen and oxygen atoms in total. The lowest BCUT2D eigenvalue weighted by atomic mass is 10.1. The first-order chi connectivity index (χ1) is 24.3. The summed E-state index contributed by atoms with van der Waals surface area (Å²) in [6.07, 6.45) is 8.14. The predicted octanol–water partition coefficient (Wildman–Crippen LogP) is 7.54. The van der Waals surface area contributed by atoms with E-state index < -0.39 is 15.9 Å². The quantitative estimate of drug-likeness (QED) is 0.0472. The molecule has 0 saturated carbocycles. The maximum absolute atomic E-state index is 13.0. The average molecular weight is 807 g/mol. The number of hydrogen-bond donors (Lipinski definition) is 8. The lowest BCUT2D eigenvalue weighted by Crippen LogP contribution is -2.34. The van der Waals surface area contributed by atoms with Gasteiger partial charge in [-0.05, 0) is 105 Å². The van der Waals surface area contributed by atoms with E-state index in [4.69, 9.17) is 15.0 Å². The monoisotopic (exact) mass is 806 g/mol. The fourth-order valence-electron chi connectivity index (χ4n) is 6.13. The molecule has 5 aromatic rings. The molecule has 0 unspecified atom stereocenters. The molecular weight excluding hydrogens is 748 g/mol. The molecule has 2 fully saturated rings. The summed E-state index contributed by atoms with van der Waals surface area (Å²) in [5.41, 5.74) is 2.54. The van der Waals surface area contributed by atoms with Gasteiger partial charge in [-0.3, -0.25) is 19.4 Å². The van der Waals surface area contributed by atoms with E-state index >= 15 is 0 Å². The van der Waals surface area contributed by atoms with Gasteiger partial charge in [-0.1, -0.05) is 0 Å². The largest absolute Gasteiger partial charge is 0.344 e. The Balaban J connectivity index is -0.00000348. The Morgan fingerprint density at radius 2 is 1.25 bits per heavy atom. The van der Waals surface area contributed by atoms with Crippen LogP contribution in [0.5, 0.6) is 0 Å². The van der Waals surface area contributed by atoms with E-state index in [1.54, 1.807) is 48.7 Å². The highest BCUT2D eigenvalue weighted by atomic mass is 35.5. The van der Waals surface area contributed by atoms with Crippen molar-refractivity contribution in [2.24, 2.45) is 0 Å². The van der Waals surface area contributed by atoms with Crippen LogP contribution in [0.25, 0.3) is 10.9 Å². The summed E-state index contributed by atoms with van der Waals surface area (Å²) in [7, 11) is -3.88. The molecular formula is C35H59ClN14O4S. The second-order valence-corrected chi connectivity index (χ2v) is 14.2. The van der Waals surface area contributed by atoms with Gasteiger partial charge in [0.1, 0.15) is 0 Å². The number of ketones is 1. The third-order valence-corrected chi connectivity index (χ3v) is 10.2. The number of amides is 1. The number of hydrogen-bond acceptors (Lipinski definition) is 15. The van der Waals surface area contributed by atoms with Crippen molar-refractivity contribution in [1.82, 2.24) is 49.8 Å². The molecule has 1 amide bonds. The van der Waals surface area contributed by atoms with Crippen LogP contribution in [0.1, 0.15) is 61.0 Å². The zero-order valence-electron chi connectivity index (χ0n) is 30.7. The van der Waals surface area contributed by atoms with Gasteiger partial charge in [-0.15, -0.1) is 12.4 Å². The first kappa shape index (κ1) is 45.7. The number of halogens is 1. The first-order valence-electron chi connectivity index (χ1n) is 16.8. The minimum Gasteiger partial charge on any atom is -0.344 e. The number of anilines is 6. The number of benzene rings is 3. The van der Waals surface area contributed by atoms with Crippen LogP contribution in [0.15, 0.2) is 77.8 Å². The van der Waals surface area contributed by atoms with Crippen molar-refractivity contribution in [1.29, 1.82) is 0 Å². The van der Waals surface area contributed by atoms with E-state index in [1.165, 1.54) is 37.1 Å². The molecule has 306 valence electrons. The summed E-state index contributed by atoms with van der Waals surface area (Å²) in [5, 5.41) is 13.6. The number of carbonyl (C=O) groups excluding carboxylic acids is 2. The van der Waals surface area contributed by atoms with Crippen LogP contribution >= 0.6 is 12.4 Å². The molecule has 0 atom stereocenters. The summed E-state index contributed by atoms with van der Waals surface area (Å²) >= 11 is 0. The van der Waals surface area contributed by atoms with Crippen LogP contribution in [0, 0.1) is 0 Å². The fraction of sp³-hybridized carbons (Fsp3) is 0.314. The van der Waals surface area contributed by atoms with Gasteiger partial charge in [0.05, 0.1) is 28.7 Å². The number of piperidine rings is 2. The number of rotatable bonds is 11. The van der Waals surface area contributed by atoms with Crippen molar-refractivity contribution in [2.45, 2.75) is 49.8 Å². The Morgan fingerprint density at radius 3 is 1.84 bits per heavy atom. The Bertz CT molecular complexity index is 2090. The summed E-state index contributed by atoms with van der Waals surface area (Å²) in [4.78, 5) is 44.4. The van der Waals surface area contributed by atoms with Crippen molar-refractivity contribution < 1.29 is 23.7 Å². The highest BCUT2D eigenvalue weighted by molar-refractivity contribution is 7.92. The third kappa shape index (κ3) is 11.3. The van der Waals surface area contributed by atoms with Crippen molar-refractivity contribution in [3.63, 3.8) is 0 Å². The van der Waals surface area contributed by atoms with Crippen LogP contribution in [-0.2, 0) is 14.8 Å². The molecule has 2 saturated heterocycles. The van der Waals surface area contributed by atoms with Gasteiger partial charge in [-0.25, -0.2) is 8.42 Å². The second-order valence-electron chi connectivity index (χ2n) is 12.5.